The molecule has 0 saturated heterocycles. The first-order chi connectivity index (χ1) is 10.6. The summed E-state index contributed by atoms with van der Waals surface area (Å²) in [6.07, 6.45) is 0.483. The minimum absolute atomic E-state index is 0.111. The van der Waals surface area contributed by atoms with Crippen LogP contribution in [0.2, 0.25) is 0 Å². The van der Waals surface area contributed by atoms with Crippen LogP contribution in [0.3, 0.4) is 0 Å². The Kier molecular flexibility index (Phi) is 5.55. The molecule has 3 N–H and O–H groups in total. The van der Waals surface area contributed by atoms with Crippen molar-refractivity contribution in [3.05, 3.63) is 45.7 Å². The molecule has 0 aliphatic rings. The van der Waals surface area contributed by atoms with Gasteiger partial charge in [-0.05, 0) is 36.4 Å². The highest BCUT2D eigenvalue weighted by molar-refractivity contribution is 5.79. The van der Waals surface area contributed by atoms with Crippen LogP contribution >= 0.6 is 0 Å². The van der Waals surface area contributed by atoms with Crippen molar-refractivity contribution in [2.75, 3.05) is 26.8 Å². The van der Waals surface area contributed by atoms with Gasteiger partial charge in [-0.3, -0.25) is 4.79 Å². The van der Waals surface area contributed by atoms with Gasteiger partial charge in [-0.2, -0.15) is 0 Å². The molecule has 2 rings (SSSR count). The van der Waals surface area contributed by atoms with E-state index >= 15 is 0 Å². The standard InChI is InChI=1S/C16H21N3O3/c1-11-3-4-12-10-13(15(20)19-14(12)9-11)5-6-17-16(21)18-7-8-22-2/h3-4,9-10H,5-8H2,1-2H3,(H,19,20)(H2,17,18,21). The Morgan fingerprint density at radius 2 is 2.00 bits per heavy atom. The fraction of sp³-hybridized carbons (Fsp3) is 0.375. The number of fused-ring (bicyclic) bond motifs is 1. The maximum Gasteiger partial charge on any atom is 0.314 e. The van der Waals surface area contributed by atoms with Crippen LogP contribution in [0.15, 0.2) is 29.1 Å². The largest absolute Gasteiger partial charge is 0.383 e. The van der Waals surface area contributed by atoms with E-state index < -0.39 is 0 Å². The summed E-state index contributed by atoms with van der Waals surface area (Å²) in [5.41, 5.74) is 2.48. The number of urea groups is 1. The van der Waals surface area contributed by atoms with Crippen LogP contribution in [0.5, 0.6) is 0 Å². The smallest absolute Gasteiger partial charge is 0.314 e. The van der Waals surface area contributed by atoms with Crippen molar-refractivity contribution in [3.8, 4) is 0 Å². The molecule has 1 heterocycles. The maximum atomic E-state index is 12.0. The predicted molar refractivity (Wildman–Crippen MR) is 86.3 cm³/mol. The van der Waals surface area contributed by atoms with Crippen molar-refractivity contribution in [1.82, 2.24) is 15.6 Å². The molecule has 0 unspecified atom stereocenters. The van der Waals surface area contributed by atoms with Crippen LogP contribution in [0.25, 0.3) is 10.9 Å². The van der Waals surface area contributed by atoms with Crippen molar-refractivity contribution in [2.24, 2.45) is 0 Å². The van der Waals surface area contributed by atoms with Crippen LogP contribution in [-0.2, 0) is 11.2 Å². The molecule has 0 atom stereocenters. The van der Waals surface area contributed by atoms with Gasteiger partial charge in [0.15, 0.2) is 0 Å². The van der Waals surface area contributed by atoms with Gasteiger partial charge < -0.3 is 20.4 Å². The third-order valence-corrected chi connectivity index (χ3v) is 3.35. The second-order valence-electron chi connectivity index (χ2n) is 5.14. The summed E-state index contributed by atoms with van der Waals surface area (Å²) in [7, 11) is 1.58. The van der Waals surface area contributed by atoms with Crippen LogP contribution in [-0.4, -0.2) is 37.8 Å². The average molecular weight is 303 g/mol. The number of aryl methyl sites for hydroxylation is 1. The first-order valence-electron chi connectivity index (χ1n) is 7.23. The Labute approximate surface area is 128 Å². The van der Waals surface area contributed by atoms with E-state index in [1.807, 2.05) is 31.2 Å². The second-order valence-corrected chi connectivity index (χ2v) is 5.14. The third-order valence-electron chi connectivity index (χ3n) is 3.35. The number of aromatic amines is 1. The molecule has 0 saturated carbocycles. The molecule has 118 valence electrons. The summed E-state index contributed by atoms with van der Waals surface area (Å²) in [4.78, 5) is 26.4. The molecule has 2 amide bonds. The van der Waals surface area contributed by atoms with Crippen molar-refractivity contribution in [3.63, 3.8) is 0 Å². The van der Waals surface area contributed by atoms with Gasteiger partial charge >= 0.3 is 6.03 Å². The fourth-order valence-electron chi connectivity index (χ4n) is 2.19. The number of hydrogen-bond acceptors (Lipinski definition) is 3. The predicted octanol–water partition coefficient (Wildman–Crippen LogP) is 1.32. The number of carbonyl (C=O) groups is 1. The first kappa shape index (κ1) is 16.0. The average Bonchev–Trinajstić information content (AvgIpc) is 2.48. The fourth-order valence-corrected chi connectivity index (χ4v) is 2.19. The van der Waals surface area contributed by atoms with Crippen LogP contribution in [0.1, 0.15) is 11.1 Å². The zero-order valence-corrected chi connectivity index (χ0v) is 12.9. The number of amides is 2. The quantitative estimate of drug-likeness (QED) is 0.704. The Hall–Kier alpha value is -2.34. The zero-order chi connectivity index (χ0) is 15.9. The van der Waals surface area contributed by atoms with Crippen LogP contribution < -0.4 is 16.2 Å². The number of H-pyrrole nitrogens is 1. The zero-order valence-electron chi connectivity index (χ0n) is 12.9. The van der Waals surface area contributed by atoms with E-state index in [1.165, 1.54) is 0 Å². The number of methoxy groups -OCH3 is 1. The van der Waals surface area contributed by atoms with E-state index in [-0.39, 0.29) is 11.6 Å². The van der Waals surface area contributed by atoms with Gasteiger partial charge in [0, 0.05) is 31.3 Å². The third kappa shape index (κ3) is 4.33. The summed E-state index contributed by atoms with van der Waals surface area (Å²) < 4.78 is 4.84. The highest BCUT2D eigenvalue weighted by Gasteiger charge is 2.04. The van der Waals surface area contributed by atoms with Gasteiger partial charge in [0.05, 0.1) is 6.61 Å². The van der Waals surface area contributed by atoms with Crippen molar-refractivity contribution < 1.29 is 9.53 Å². The second kappa shape index (κ2) is 7.61. The minimum Gasteiger partial charge on any atom is -0.383 e. The molecule has 22 heavy (non-hydrogen) atoms. The van der Waals surface area contributed by atoms with E-state index in [0.29, 0.717) is 31.7 Å². The Morgan fingerprint density at radius 1 is 1.23 bits per heavy atom. The number of ether oxygens (including phenoxy) is 1. The van der Waals surface area contributed by atoms with E-state index in [1.54, 1.807) is 7.11 Å². The number of carbonyl (C=O) groups excluding carboxylic acids is 1. The Balaban J connectivity index is 1.94. The van der Waals surface area contributed by atoms with Gasteiger partial charge in [-0.15, -0.1) is 0 Å². The number of aromatic nitrogens is 1. The van der Waals surface area contributed by atoms with Gasteiger partial charge in [0.25, 0.3) is 5.56 Å². The lowest BCUT2D eigenvalue weighted by Crippen LogP contribution is -2.38. The molecule has 0 bridgehead atoms. The summed E-state index contributed by atoms with van der Waals surface area (Å²) in [5.74, 6) is 0. The monoisotopic (exact) mass is 303 g/mol. The number of pyridine rings is 1. The molecule has 0 fully saturated rings. The van der Waals surface area contributed by atoms with Crippen molar-refractivity contribution in [2.45, 2.75) is 13.3 Å². The molecule has 1 aromatic heterocycles. The molecule has 1 aromatic carbocycles. The maximum absolute atomic E-state index is 12.0. The minimum atomic E-state index is -0.259. The van der Waals surface area contributed by atoms with Crippen molar-refractivity contribution in [1.29, 1.82) is 0 Å². The van der Waals surface area contributed by atoms with E-state index in [4.69, 9.17) is 4.74 Å². The SMILES string of the molecule is COCCNC(=O)NCCc1cc2ccc(C)cc2[nH]c1=O. The first-order valence-corrected chi connectivity index (χ1v) is 7.23. The number of nitrogens with one attached hydrogen (secondary N) is 3. The number of hydrogen-bond donors (Lipinski definition) is 3. The molecular weight excluding hydrogens is 282 g/mol. The van der Waals surface area contributed by atoms with Gasteiger partial charge in [0.2, 0.25) is 0 Å². The summed E-state index contributed by atoms with van der Waals surface area (Å²) in [5, 5.41) is 6.37. The normalized spacial score (nSPS) is 10.6. The van der Waals surface area contributed by atoms with E-state index in [9.17, 15) is 9.59 Å². The van der Waals surface area contributed by atoms with E-state index in [0.717, 1.165) is 16.5 Å². The molecule has 0 aliphatic heterocycles. The van der Waals surface area contributed by atoms with Gasteiger partial charge in [0.1, 0.15) is 0 Å². The van der Waals surface area contributed by atoms with Crippen LogP contribution in [0.4, 0.5) is 4.79 Å². The molecule has 0 radical (unpaired) electrons. The summed E-state index contributed by atoms with van der Waals surface area (Å²) >= 11 is 0. The Morgan fingerprint density at radius 3 is 2.77 bits per heavy atom. The number of benzene rings is 1. The molecule has 2 aromatic rings. The number of rotatable bonds is 6. The van der Waals surface area contributed by atoms with Crippen molar-refractivity contribution >= 4 is 16.9 Å². The highest BCUT2D eigenvalue weighted by atomic mass is 16.5. The lowest BCUT2D eigenvalue weighted by Gasteiger charge is -2.07. The van der Waals surface area contributed by atoms with E-state index in [2.05, 4.69) is 15.6 Å². The molecule has 0 aliphatic carbocycles. The lowest BCUT2D eigenvalue weighted by molar-refractivity contribution is 0.196. The summed E-state index contributed by atoms with van der Waals surface area (Å²) in [6, 6.07) is 7.55. The van der Waals surface area contributed by atoms with Gasteiger partial charge in [-0.1, -0.05) is 12.1 Å². The lowest BCUT2D eigenvalue weighted by atomic mass is 10.1. The summed E-state index contributed by atoms with van der Waals surface area (Å²) in [6.45, 7) is 3.31. The highest BCUT2D eigenvalue weighted by Crippen LogP contribution is 2.13. The molecule has 6 nitrogen and oxygen atoms in total. The van der Waals surface area contributed by atoms with Crippen LogP contribution in [0, 0.1) is 6.92 Å². The van der Waals surface area contributed by atoms with Gasteiger partial charge in [-0.25, -0.2) is 4.79 Å². The molecule has 6 heteroatoms. The molecular formula is C16H21N3O3. The molecule has 0 spiro atoms. The Bertz CT molecular complexity index is 709. The topological polar surface area (TPSA) is 83.2 Å².